The predicted molar refractivity (Wildman–Crippen MR) is 57.5 cm³/mol. The molecule has 2 heteroatoms. The van der Waals surface area contributed by atoms with Crippen molar-refractivity contribution >= 4 is 12.6 Å². The smallest absolute Gasteiger partial charge is 0.119 e. The van der Waals surface area contributed by atoms with Crippen LogP contribution >= 0.6 is 12.6 Å². The molecule has 0 amide bonds. The lowest BCUT2D eigenvalue weighted by atomic mass is 9.65. The van der Waals surface area contributed by atoms with E-state index < -0.39 is 0 Å². The second-order valence-electron chi connectivity index (χ2n) is 3.81. The minimum absolute atomic E-state index is 0.161. The van der Waals surface area contributed by atoms with Crippen LogP contribution in [0.3, 0.4) is 0 Å². The van der Waals surface area contributed by atoms with Gasteiger partial charge >= 0.3 is 0 Å². The molecule has 1 aromatic rings. The molecule has 1 fully saturated rings. The highest BCUT2D eigenvalue weighted by molar-refractivity contribution is 7.80. The molecule has 1 aromatic carbocycles. The van der Waals surface area contributed by atoms with Crippen LogP contribution in [0.25, 0.3) is 0 Å². The van der Waals surface area contributed by atoms with Gasteiger partial charge in [-0.3, -0.25) is 0 Å². The van der Waals surface area contributed by atoms with Crippen LogP contribution in [-0.2, 0) is 5.41 Å². The molecular formula is C11H14OS. The van der Waals surface area contributed by atoms with Gasteiger partial charge in [-0.1, -0.05) is 24.6 Å². The van der Waals surface area contributed by atoms with Crippen molar-refractivity contribution in [3.63, 3.8) is 0 Å². The summed E-state index contributed by atoms with van der Waals surface area (Å²) in [4.78, 5) is 0. The van der Waals surface area contributed by atoms with Crippen LogP contribution in [0.1, 0.15) is 24.8 Å². The Labute approximate surface area is 84.2 Å². The molecule has 2 rings (SSSR count). The van der Waals surface area contributed by atoms with Crippen molar-refractivity contribution in [1.29, 1.82) is 0 Å². The third kappa shape index (κ3) is 1.33. The first-order chi connectivity index (χ1) is 6.28. The van der Waals surface area contributed by atoms with Crippen molar-refractivity contribution in [2.45, 2.75) is 24.7 Å². The van der Waals surface area contributed by atoms with Crippen molar-refractivity contribution in [2.24, 2.45) is 0 Å². The maximum atomic E-state index is 9.71. The van der Waals surface area contributed by atoms with Crippen LogP contribution in [0.2, 0.25) is 0 Å². The zero-order valence-electron chi connectivity index (χ0n) is 7.53. The summed E-state index contributed by atoms with van der Waals surface area (Å²) >= 11 is 4.38. The monoisotopic (exact) mass is 194 g/mol. The molecule has 0 bridgehead atoms. The molecular weight excluding hydrogens is 180 g/mol. The number of aromatic hydroxyl groups is 1. The van der Waals surface area contributed by atoms with E-state index in [9.17, 15) is 5.11 Å². The molecule has 1 N–H and O–H groups in total. The maximum Gasteiger partial charge on any atom is 0.119 e. The number of phenols is 1. The average Bonchev–Trinajstić information content (AvgIpc) is 2.07. The topological polar surface area (TPSA) is 20.2 Å². The molecule has 0 aliphatic heterocycles. The first kappa shape index (κ1) is 8.95. The molecule has 1 aliphatic rings. The molecule has 1 nitrogen and oxygen atoms in total. The Kier molecular flexibility index (Phi) is 2.24. The standard InChI is InChI=1S/C11H14OS/c12-10-5-2-1-4-9(10)11(8-13)6-3-7-11/h1-2,4-5,12-13H,3,6-8H2. The quantitative estimate of drug-likeness (QED) is 0.694. The van der Waals surface area contributed by atoms with Gasteiger partial charge in [0, 0.05) is 16.7 Å². The van der Waals surface area contributed by atoms with Gasteiger partial charge < -0.3 is 5.11 Å². The Morgan fingerprint density at radius 1 is 1.31 bits per heavy atom. The zero-order valence-corrected chi connectivity index (χ0v) is 8.43. The van der Waals surface area contributed by atoms with E-state index in [0.29, 0.717) is 5.75 Å². The van der Waals surface area contributed by atoms with Crippen LogP contribution in [0.4, 0.5) is 0 Å². The molecule has 0 saturated heterocycles. The van der Waals surface area contributed by atoms with Gasteiger partial charge in [-0.25, -0.2) is 0 Å². The highest BCUT2D eigenvalue weighted by Gasteiger charge is 2.38. The molecule has 0 heterocycles. The lowest BCUT2D eigenvalue weighted by Crippen LogP contribution is -2.36. The second kappa shape index (κ2) is 3.26. The summed E-state index contributed by atoms with van der Waals surface area (Å²) in [6, 6.07) is 7.63. The molecule has 0 radical (unpaired) electrons. The fourth-order valence-corrected chi connectivity index (χ4v) is 2.52. The Morgan fingerprint density at radius 3 is 2.46 bits per heavy atom. The fourth-order valence-electron chi connectivity index (χ4n) is 2.04. The van der Waals surface area contributed by atoms with Gasteiger partial charge in [0.15, 0.2) is 0 Å². The van der Waals surface area contributed by atoms with Crippen LogP contribution in [-0.4, -0.2) is 10.9 Å². The molecule has 13 heavy (non-hydrogen) atoms. The van der Waals surface area contributed by atoms with Crippen molar-refractivity contribution in [3.8, 4) is 5.75 Å². The van der Waals surface area contributed by atoms with E-state index >= 15 is 0 Å². The van der Waals surface area contributed by atoms with Crippen LogP contribution in [0.15, 0.2) is 24.3 Å². The Balaban J connectivity index is 2.38. The summed E-state index contributed by atoms with van der Waals surface area (Å²) < 4.78 is 0. The normalized spacial score (nSPS) is 19.5. The molecule has 0 spiro atoms. The van der Waals surface area contributed by atoms with Crippen LogP contribution in [0.5, 0.6) is 5.75 Å². The van der Waals surface area contributed by atoms with E-state index in [4.69, 9.17) is 0 Å². The van der Waals surface area contributed by atoms with Gasteiger partial charge in [0.2, 0.25) is 0 Å². The van der Waals surface area contributed by atoms with Gasteiger partial charge in [-0.05, 0) is 18.9 Å². The third-order valence-corrected chi connectivity index (χ3v) is 3.69. The maximum absolute atomic E-state index is 9.71. The Hall–Kier alpha value is -0.630. The molecule has 1 aliphatic carbocycles. The SMILES string of the molecule is Oc1ccccc1C1(CS)CCC1. The number of hydrogen-bond donors (Lipinski definition) is 2. The summed E-state index contributed by atoms with van der Waals surface area (Å²) in [7, 11) is 0. The molecule has 0 unspecified atom stereocenters. The summed E-state index contributed by atoms with van der Waals surface area (Å²) in [6.07, 6.45) is 3.58. The molecule has 70 valence electrons. The van der Waals surface area contributed by atoms with Gasteiger partial charge in [0.25, 0.3) is 0 Å². The summed E-state index contributed by atoms with van der Waals surface area (Å²) in [5, 5.41) is 9.71. The minimum Gasteiger partial charge on any atom is -0.508 e. The van der Waals surface area contributed by atoms with Gasteiger partial charge in [0.05, 0.1) is 0 Å². The third-order valence-electron chi connectivity index (χ3n) is 3.09. The summed E-state index contributed by atoms with van der Waals surface area (Å²) in [6.45, 7) is 0. The van der Waals surface area contributed by atoms with Crippen molar-refractivity contribution < 1.29 is 5.11 Å². The highest BCUT2D eigenvalue weighted by Crippen LogP contribution is 2.47. The van der Waals surface area contributed by atoms with Crippen molar-refractivity contribution in [1.82, 2.24) is 0 Å². The Bertz CT molecular complexity index is 299. The molecule has 0 atom stereocenters. The minimum atomic E-state index is 0.161. The number of phenolic OH excluding ortho intramolecular Hbond substituents is 1. The Morgan fingerprint density at radius 2 is 2.00 bits per heavy atom. The molecule has 1 saturated carbocycles. The number of rotatable bonds is 2. The fraction of sp³-hybridized carbons (Fsp3) is 0.455. The lowest BCUT2D eigenvalue weighted by molar-refractivity contribution is 0.270. The predicted octanol–water partition coefficient (Wildman–Crippen LogP) is 2.74. The number of para-hydroxylation sites is 1. The van der Waals surface area contributed by atoms with Crippen molar-refractivity contribution in [3.05, 3.63) is 29.8 Å². The van der Waals surface area contributed by atoms with E-state index in [0.717, 1.165) is 24.2 Å². The lowest BCUT2D eigenvalue weighted by Gasteiger charge is -2.41. The van der Waals surface area contributed by atoms with E-state index in [2.05, 4.69) is 12.6 Å². The average molecular weight is 194 g/mol. The first-order valence-corrected chi connectivity index (χ1v) is 5.31. The second-order valence-corrected chi connectivity index (χ2v) is 4.13. The van der Waals surface area contributed by atoms with Crippen LogP contribution in [0, 0.1) is 0 Å². The first-order valence-electron chi connectivity index (χ1n) is 4.68. The summed E-state index contributed by atoms with van der Waals surface area (Å²) in [5.41, 5.74) is 1.24. The highest BCUT2D eigenvalue weighted by atomic mass is 32.1. The number of benzene rings is 1. The van der Waals surface area contributed by atoms with Crippen molar-refractivity contribution in [2.75, 3.05) is 5.75 Å². The summed E-state index contributed by atoms with van der Waals surface area (Å²) in [5.74, 6) is 1.26. The van der Waals surface area contributed by atoms with E-state index in [-0.39, 0.29) is 5.41 Å². The van der Waals surface area contributed by atoms with Gasteiger partial charge in [0.1, 0.15) is 5.75 Å². The number of hydrogen-bond acceptors (Lipinski definition) is 2. The van der Waals surface area contributed by atoms with E-state index in [1.54, 1.807) is 6.07 Å². The van der Waals surface area contributed by atoms with Gasteiger partial charge in [-0.15, -0.1) is 0 Å². The largest absolute Gasteiger partial charge is 0.508 e. The van der Waals surface area contributed by atoms with E-state index in [1.807, 2.05) is 18.2 Å². The number of thiol groups is 1. The van der Waals surface area contributed by atoms with E-state index in [1.165, 1.54) is 6.42 Å². The zero-order chi connectivity index (χ0) is 9.31. The van der Waals surface area contributed by atoms with Crippen LogP contribution < -0.4 is 0 Å². The van der Waals surface area contributed by atoms with Gasteiger partial charge in [-0.2, -0.15) is 12.6 Å². The molecule has 0 aromatic heterocycles.